The molecule has 0 amide bonds. The molecule has 0 aromatic heterocycles. The number of amidine groups is 1. The van der Waals surface area contributed by atoms with Crippen LogP contribution in [-0.4, -0.2) is 5.84 Å². The quantitative estimate of drug-likeness (QED) is 0.681. The summed E-state index contributed by atoms with van der Waals surface area (Å²) in [7, 11) is 0. The Bertz CT molecular complexity index is 970. The van der Waals surface area contributed by atoms with E-state index in [0.717, 1.165) is 23.0 Å². The minimum atomic E-state index is -0.837. The van der Waals surface area contributed by atoms with Crippen molar-refractivity contribution in [2.45, 2.75) is 24.9 Å². The second kappa shape index (κ2) is 6.95. The van der Waals surface area contributed by atoms with E-state index >= 15 is 0 Å². The molecule has 1 aliphatic heterocycles. The molecule has 2 atom stereocenters. The standard InChI is InChI=1S/C23H20F2N2/c1-23(18-10-6-3-7-11-18)22(17-8-4-2-5-9-17)26-21(27-23)15-16-12-13-19(24)20(25)14-16/h2-14,22H,15H2,1H3,(H,26,27)/t22-,23+/m1/s1. The van der Waals surface area contributed by atoms with Gasteiger partial charge in [0.1, 0.15) is 11.9 Å². The summed E-state index contributed by atoms with van der Waals surface area (Å²) in [6, 6.07) is 24.2. The highest BCUT2D eigenvalue weighted by molar-refractivity contribution is 5.87. The Morgan fingerprint density at radius 1 is 0.889 bits per heavy atom. The summed E-state index contributed by atoms with van der Waals surface area (Å²) in [5.41, 5.74) is 2.50. The zero-order valence-electron chi connectivity index (χ0n) is 15.0. The van der Waals surface area contributed by atoms with E-state index in [1.165, 1.54) is 6.07 Å². The lowest BCUT2D eigenvalue weighted by atomic mass is 9.82. The van der Waals surface area contributed by atoms with Crippen molar-refractivity contribution in [3.63, 3.8) is 0 Å². The van der Waals surface area contributed by atoms with Crippen molar-refractivity contribution in [1.29, 1.82) is 0 Å². The van der Waals surface area contributed by atoms with Gasteiger partial charge in [0.25, 0.3) is 0 Å². The Morgan fingerprint density at radius 2 is 1.56 bits per heavy atom. The zero-order valence-corrected chi connectivity index (χ0v) is 15.0. The van der Waals surface area contributed by atoms with Gasteiger partial charge in [-0.15, -0.1) is 0 Å². The van der Waals surface area contributed by atoms with E-state index < -0.39 is 17.2 Å². The summed E-state index contributed by atoms with van der Waals surface area (Å²) in [6.45, 7) is 2.13. The van der Waals surface area contributed by atoms with Crippen molar-refractivity contribution < 1.29 is 8.78 Å². The molecule has 2 nitrogen and oxygen atoms in total. The molecule has 136 valence electrons. The second-order valence-corrected chi connectivity index (χ2v) is 7.01. The third-order valence-electron chi connectivity index (χ3n) is 5.08. The van der Waals surface area contributed by atoms with Crippen LogP contribution < -0.4 is 5.32 Å². The van der Waals surface area contributed by atoms with Crippen LogP contribution in [0.4, 0.5) is 8.78 Å². The van der Waals surface area contributed by atoms with Gasteiger partial charge < -0.3 is 5.32 Å². The van der Waals surface area contributed by atoms with Crippen molar-refractivity contribution in [1.82, 2.24) is 5.32 Å². The van der Waals surface area contributed by atoms with E-state index in [1.54, 1.807) is 6.07 Å². The molecule has 0 radical (unpaired) electrons. The third-order valence-corrected chi connectivity index (χ3v) is 5.08. The lowest BCUT2D eigenvalue weighted by Gasteiger charge is -2.32. The highest BCUT2D eigenvalue weighted by atomic mass is 19.2. The van der Waals surface area contributed by atoms with Crippen LogP contribution in [0.25, 0.3) is 0 Å². The Balaban J connectivity index is 1.70. The Hall–Kier alpha value is -3.01. The number of benzene rings is 3. The normalized spacial score (nSPS) is 21.6. The smallest absolute Gasteiger partial charge is 0.159 e. The van der Waals surface area contributed by atoms with Gasteiger partial charge in [-0.25, -0.2) is 8.78 Å². The predicted molar refractivity (Wildman–Crippen MR) is 104 cm³/mol. The van der Waals surface area contributed by atoms with E-state index in [2.05, 4.69) is 36.5 Å². The average Bonchev–Trinajstić information content (AvgIpc) is 3.03. The molecule has 4 rings (SSSR count). The Kier molecular flexibility index (Phi) is 4.48. The molecule has 1 heterocycles. The molecule has 0 saturated heterocycles. The SMILES string of the molecule is C[C@@]1(c2ccccc2)NC(Cc2ccc(F)c(F)c2)=N[C@@H]1c1ccccc1. The van der Waals surface area contributed by atoms with Crippen molar-refractivity contribution in [3.05, 3.63) is 107 Å². The number of rotatable bonds is 4. The summed E-state index contributed by atoms with van der Waals surface area (Å²) in [5.74, 6) is -0.908. The number of hydrogen-bond donors (Lipinski definition) is 1. The lowest BCUT2D eigenvalue weighted by Crippen LogP contribution is -2.42. The van der Waals surface area contributed by atoms with Crippen LogP contribution in [0.2, 0.25) is 0 Å². The molecule has 0 saturated carbocycles. The number of aliphatic imine (C=N–C) groups is 1. The maximum Gasteiger partial charge on any atom is 0.159 e. The van der Waals surface area contributed by atoms with Crippen molar-refractivity contribution in [2.75, 3.05) is 0 Å². The number of halogens is 2. The van der Waals surface area contributed by atoms with Gasteiger partial charge in [-0.05, 0) is 35.7 Å². The van der Waals surface area contributed by atoms with Gasteiger partial charge in [-0.1, -0.05) is 66.7 Å². The van der Waals surface area contributed by atoms with Gasteiger partial charge in [0.05, 0.1) is 5.54 Å². The molecule has 0 fully saturated rings. The van der Waals surface area contributed by atoms with Gasteiger partial charge in [0, 0.05) is 6.42 Å². The molecule has 1 N–H and O–H groups in total. The van der Waals surface area contributed by atoms with Crippen molar-refractivity contribution in [3.8, 4) is 0 Å². The minimum Gasteiger partial charge on any atom is -0.362 e. The molecule has 3 aromatic rings. The molecule has 3 aromatic carbocycles. The molecule has 0 spiro atoms. The Labute approximate surface area is 157 Å². The maximum atomic E-state index is 13.6. The maximum absolute atomic E-state index is 13.6. The number of nitrogens with zero attached hydrogens (tertiary/aromatic N) is 1. The van der Waals surface area contributed by atoms with Crippen molar-refractivity contribution >= 4 is 5.84 Å². The van der Waals surface area contributed by atoms with Crippen LogP contribution in [0.5, 0.6) is 0 Å². The first-order valence-corrected chi connectivity index (χ1v) is 8.95. The molecular formula is C23H20F2N2. The highest BCUT2D eigenvalue weighted by Crippen LogP contribution is 2.41. The van der Waals surface area contributed by atoms with Gasteiger partial charge in [0.2, 0.25) is 0 Å². The summed E-state index contributed by atoms with van der Waals surface area (Å²) in [6.07, 6.45) is 0.420. The molecule has 4 heteroatoms. The van der Waals surface area contributed by atoms with Gasteiger partial charge in [0.15, 0.2) is 11.6 Å². The lowest BCUT2D eigenvalue weighted by molar-refractivity contribution is 0.385. The van der Waals surface area contributed by atoms with E-state index in [9.17, 15) is 8.78 Å². The van der Waals surface area contributed by atoms with Gasteiger partial charge in [-0.3, -0.25) is 4.99 Å². The molecule has 0 aliphatic carbocycles. The van der Waals surface area contributed by atoms with Crippen LogP contribution in [0.3, 0.4) is 0 Å². The first kappa shape index (κ1) is 17.4. The van der Waals surface area contributed by atoms with Crippen LogP contribution in [-0.2, 0) is 12.0 Å². The Morgan fingerprint density at radius 3 is 2.22 bits per heavy atom. The third kappa shape index (κ3) is 3.35. The highest BCUT2D eigenvalue weighted by Gasteiger charge is 2.42. The second-order valence-electron chi connectivity index (χ2n) is 7.01. The molecule has 0 unspecified atom stereocenters. The molecule has 0 bridgehead atoms. The van der Waals surface area contributed by atoms with E-state index in [-0.39, 0.29) is 6.04 Å². The predicted octanol–water partition coefficient (Wildman–Crippen LogP) is 5.17. The van der Waals surface area contributed by atoms with Crippen molar-refractivity contribution in [2.24, 2.45) is 4.99 Å². The van der Waals surface area contributed by atoms with Crippen LogP contribution in [0, 0.1) is 11.6 Å². The fraction of sp³-hybridized carbons (Fsp3) is 0.174. The molecule has 27 heavy (non-hydrogen) atoms. The zero-order chi connectivity index (χ0) is 18.9. The molecular weight excluding hydrogens is 342 g/mol. The first-order chi connectivity index (χ1) is 13.1. The number of nitrogens with one attached hydrogen (secondary N) is 1. The van der Waals surface area contributed by atoms with Gasteiger partial charge >= 0.3 is 0 Å². The van der Waals surface area contributed by atoms with E-state index in [4.69, 9.17) is 4.99 Å². The topological polar surface area (TPSA) is 24.4 Å². The largest absolute Gasteiger partial charge is 0.362 e. The fourth-order valence-electron chi connectivity index (χ4n) is 3.68. The van der Waals surface area contributed by atoms with Crippen LogP contribution >= 0.6 is 0 Å². The van der Waals surface area contributed by atoms with E-state index in [1.807, 2.05) is 36.4 Å². The number of hydrogen-bond acceptors (Lipinski definition) is 2. The fourth-order valence-corrected chi connectivity index (χ4v) is 3.68. The van der Waals surface area contributed by atoms with Crippen LogP contribution in [0.1, 0.15) is 29.7 Å². The first-order valence-electron chi connectivity index (χ1n) is 8.95. The van der Waals surface area contributed by atoms with E-state index in [0.29, 0.717) is 12.0 Å². The summed E-state index contributed by atoms with van der Waals surface area (Å²) < 4.78 is 26.8. The molecule has 1 aliphatic rings. The summed E-state index contributed by atoms with van der Waals surface area (Å²) in [4.78, 5) is 4.92. The van der Waals surface area contributed by atoms with Crippen LogP contribution in [0.15, 0.2) is 83.9 Å². The summed E-state index contributed by atoms with van der Waals surface area (Å²) >= 11 is 0. The summed E-state index contributed by atoms with van der Waals surface area (Å²) in [5, 5.41) is 3.55. The van der Waals surface area contributed by atoms with Gasteiger partial charge in [-0.2, -0.15) is 0 Å². The monoisotopic (exact) mass is 362 g/mol. The minimum absolute atomic E-state index is 0.110. The average molecular weight is 362 g/mol.